The van der Waals surface area contributed by atoms with Gasteiger partial charge in [0.15, 0.2) is 0 Å². The fourth-order valence-corrected chi connectivity index (χ4v) is 3.36. The first-order valence-corrected chi connectivity index (χ1v) is 8.43. The van der Waals surface area contributed by atoms with E-state index in [0.29, 0.717) is 12.5 Å². The molecule has 1 fully saturated rings. The first-order valence-electron chi connectivity index (χ1n) is 6.90. The molecule has 1 aromatic rings. The molecule has 0 aliphatic carbocycles. The molecule has 2 rings (SSSR count). The van der Waals surface area contributed by atoms with Crippen molar-refractivity contribution in [1.82, 2.24) is 10.2 Å². The van der Waals surface area contributed by atoms with Gasteiger partial charge in [-0.05, 0) is 24.6 Å². The van der Waals surface area contributed by atoms with Gasteiger partial charge in [0.25, 0.3) is 0 Å². The van der Waals surface area contributed by atoms with Gasteiger partial charge in [0.05, 0.1) is 6.04 Å². The van der Waals surface area contributed by atoms with Crippen LogP contribution in [0, 0.1) is 0 Å². The molecule has 3 nitrogen and oxygen atoms in total. The lowest BCUT2D eigenvalue weighted by Gasteiger charge is -2.29. The van der Waals surface area contributed by atoms with Gasteiger partial charge in [0.1, 0.15) is 0 Å². The second-order valence-electron chi connectivity index (χ2n) is 5.16. The Morgan fingerprint density at radius 2 is 2.14 bits per heavy atom. The summed E-state index contributed by atoms with van der Waals surface area (Å²) in [6.45, 7) is 3.04. The number of hydrogen-bond acceptors (Lipinski definition) is 3. The number of benzene rings is 1. The maximum atomic E-state index is 12.3. The molecule has 1 saturated heterocycles. The third kappa shape index (κ3) is 5.37. The van der Waals surface area contributed by atoms with Gasteiger partial charge in [0, 0.05) is 42.6 Å². The summed E-state index contributed by atoms with van der Waals surface area (Å²) in [4.78, 5) is 14.2. The summed E-state index contributed by atoms with van der Waals surface area (Å²) < 4.78 is 0. The van der Waals surface area contributed by atoms with E-state index in [9.17, 15) is 4.79 Å². The largest absolute Gasteiger partial charge is 0.339 e. The Kier molecular flexibility index (Phi) is 7.88. The minimum atomic E-state index is 0. The third-order valence-electron chi connectivity index (χ3n) is 3.75. The maximum Gasteiger partial charge on any atom is 0.224 e. The third-order valence-corrected chi connectivity index (χ3v) is 5.13. The van der Waals surface area contributed by atoms with Crippen LogP contribution in [0.1, 0.15) is 24.9 Å². The summed E-state index contributed by atoms with van der Waals surface area (Å²) in [5, 5.41) is 4.13. The second kappa shape index (κ2) is 8.89. The molecule has 21 heavy (non-hydrogen) atoms. The Labute approximate surface area is 142 Å². The highest BCUT2D eigenvalue weighted by atomic mass is 35.5. The summed E-state index contributed by atoms with van der Waals surface area (Å²) in [5.74, 6) is 2.35. The summed E-state index contributed by atoms with van der Waals surface area (Å²) in [6, 6.07) is 8.06. The van der Waals surface area contributed by atoms with E-state index >= 15 is 0 Å². The summed E-state index contributed by atoms with van der Waals surface area (Å²) in [7, 11) is 1.87. The molecule has 0 aromatic heterocycles. The number of halogens is 2. The predicted molar refractivity (Wildman–Crippen MR) is 93.6 cm³/mol. The molecule has 1 heterocycles. The van der Waals surface area contributed by atoms with E-state index in [1.807, 2.05) is 54.9 Å². The standard InChI is InChI=1S/C15H21ClN2OS.ClH/c1-11(12-3-5-13(16)6-4-12)18(2)15(19)9-14-10-20-8-7-17-14;/h3-6,11,14,17H,7-10H2,1-2H3;1H. The Hall–Kier alpha value is -0.420. The van der Waals surface area contributed by atoms with Crippen LogP contribution in [0.25, 0.3) is 0 Å². The molecule has 1 aliphatic heterocycles. The van der Waals surface area contributed by atoms with Crippen LogP contribution in [0.5, 0.6) is 0 Å². The lowest BCUT2D eigenvalue weighted by atomic mass is 10.1. The van der Waals surface area contributed by atoms with Crippen molar-refractivity contribution in [3.05, 3.63) is 34.9 Å². The molecule has 118 valence electrons. The van der Waals surface area contributed by atoms with Crippen LogP contribution >= 0.6 is 35.8 Å². The number of amides is 1. The zero-order valence-corrected chi connectivity index (χ0v) is 14.7. The number of rotatable bonds is 4. The van der Waals surface area contributed by atoms with Crippen molar-refractivity contribution < 1.29 is 4.79 Å². The van der Waals surface area contributed by atoms with Crippen LogP contribution in [-0.4, -0.2) is 41.9 Å². The molecular weight excluding hydrogens is 327 g/mol. The van der Waals surface area contributed by atoms with E-state index in [0.717, 1.165) is 28.6 Å². The molecule has 2 atom stereocenters. The highest BCUT2D eigenvalue weighted by molar-refractivity contribution is 7.99. The second-order valence-corrected chi connectivity index (χ2v) is 6.75. The van der Waals surface area contributed by atoms with Gasteiger partial charge in [-0.1, -0.05) is 23.7 Å². The quantitative estimate of drug-likeness (QED) is 0.905. The van der Waals surface area contributed by atoms with E-state index in [-0.39, 0.29) is 24.4 Å². The van der Waals surface area contributed by atoms with E-state index in [4.69, 9.17) is 11.6 Å². The summed E-state index contributed by atoms with van der Waals surface area (Å²) in [5.41, 5.74) is 1.11. The van der Waals surface area contributed by atoms with Crippen molar-refractivity contribution in [2.75, 3.05) is 25.1 Å². The van der Waals surface area contributed by atoms with Crippen LogP contribution in [0.4, 0.5) is 0 Å². The highest BCUT2D eigenvalue weighted by Gasteiger charge is 2.22. The van der Waals surface area contributed by atoms with Crippen LogP contribution in [0.3, 0.4) is 0 Å². The monoisotopic (exact) mass is 348 g/mol. The Morgan fingerprint density at radius 1 is 1.48 bits per heavy atom. The number of nitrogens with zero attached hydrogens (tertiary/aromatic N) is 1. The lowest BCUT2D eigenvalue weighted by Crippen LogP contribution is -2.42. The molecule has 0 radical (unpaired) electrons. The predicted octanol–water partition coefficient (Wildman–Crippen LogP) is 3.38. The topological polar surface area (TPSA) is 32.3 Å². The van der Waals surface area contributed by atoms with Gasteiger partial charge < -0.3 is 10.2 Å². The van der Waals surface area contributed by atoms with Gasteiger partial charge in [0.2, 0.25) is 5.91 Å². The molecule has 2 unspecified atom stereocenters. The van der Waals surface area contributed by atoms with Crippen molar-refractivity contribution in [2.45, 2.75) is 25.4 Å². The zero-order valence-electron chi connectivity index (χ0n) is 12.3. The Bertz CT molecular complexity index is 449. The average molecular weight is 349 g/mol. The first kappa shape index (κ1) is 18.6. The van der Waals surface area contributed by atoms with E-state index in [2.05, 4.69) is 5.32 Å². The van der Waals surface area contributed by atoms with Gasteiger partial charge >= 0.3 is 0 Å². The molecule has 0 bridgehead atoms. The van der Waals surface area contributed by atoms with E-state index in [1.54, 1.807) is 0 Å². The normalized spacial score (nSPS) is 19.5. The summed E-state index contributed by atoms with van der Waals surface area (Å²) >= 11 is 7.81. The molecule has 6 heteroatoms. The minimum absolute atomic E-state index is 0. The maximum absolute atomic E-state index is 12.3. The molecular formula is C15H22Cl2N2OS. The van der Waals surface area contributed by atoms with Gasteiger partial charge in [-0.15, -0.1) is 12.4 Å². The lowest BCUT2D eigenvalue weighted by molar-refractivity contribution is -0.132. The smallest absolute Gasteiger partial charge is 0.224 e. The van der Waals surface area contributed by atoms with Crippen LogP contribution < -0.4 is 5.32 Å². The van der Waals surface area contributed by atoms with Crippen molar-refractivity contribution in [3.8, 4) is 0 Å². The van der Waals surface area contributed by atoms with Crippen LogP contribution in [-0.2, 0) is 4.79 Å². The zero-order chi connectivity index (χ0) is 14.5. The van der Waals surface area contributed by atoms with Crippen molar-refractivity contribution in [1.29, 1.82) is 0 Å². The molecule has 1 N–H and O–H groups in total. The van der Waals surface area contributed by atoms with Crippen LogP contribution in [0.2, 0.25) is 5.02 Å². The molecule has 0 spiro atoms. The molecule has 1 amide bonds. The molecule has 1 aromatic carbocycles. The van der Waals surface area contributed by atoms with Crippen molar-refractivity contribution in [3.63, 3.8) is 0 Å². The molecule has 0 saturated carbocycles. The van der Waals surface area contributed by atoms with Crippen molar-refractivity contribution >= 4 is 41.7 Å². The van der Waals surface area contributed by atoms with Gasteiger partial charge in [-0.25, -0.2) is 0 Å². The Morgan fingerprint density at radius 3 is 2.71 bits per heavy atom. The van der Waals surface area contributed by atoms with E-state index in [1.165, 1.54) is 0 Å². The highest BCUT2D eigenvalue weighted by Crippen LogP contribution is 2.22. The molecule has 1 aliphatic rings. The Balaban J connectivity index is 0.00000220. The average Bonchev–Trinajstić information content (AvgIpc) is 2.47. The number of carbonyl (C=O) groups excluding carboxylic acids is 1. The number of carbonyl (C=O) groups is 1. The fourth-order valence-electron chi connectivity index (χ4n) is 2.29. The first-order chi connectivity index (χ1) is 9.58. The summed E-state index contributed by atoms with van der Waals surface area (Å²) in [6.07, 6.45) is 0.571. The van der Waals surface area contributed by atoms with Gasteiger partial charge in [-0.2, -0.15) is 11.8 Å². The van der Waals surface area contributed by atoms with E-state index < -0.39 is 0 Å². The van der Waals surface area contributed by atoms with Gasteiger partial charge in [-0.3, -0.25) is 4.79 Å². The SMILES string of the molecule is CC(c1ccc(Cl)cc1)N(C)C(=O)CC1CSCCN1.Cl. The van der Waals surface area contributed by atoms with Crippen molar-refractivity contribution in [2.24, 2.45) is 0 Å². The number of hydrogen-bond donors (Lipinski definition) is 1. The van der Waals surface area contributed by atoms with Crippen LogP contribution in [0.15, 0.2) is 24.3 Å². The minimum Gasteiger partial charge on any atom is -0.339 e. The fraction of sp³-hybridized carbons (Fsp3) is 0.533. The number of nitrogens with one attached hydrogen (secondary N) is 1. The number of thioether (sulfide) groups is 1.